The Kier molecular flexibility index (Phi) is 3.21. The minimum Gasteiger partial charge on any atom is -0.316 e. The van der Waals surface area contributed by atoms with Crippen LogP contribution in [0.25, 0.3) is 0 Å². The van der Waals surface area contributed by atoms with Crippen LogP contribution in [0.4, 0.5) is 8.78 Å². The lowest BCUT2D eigenvalue weighted by Gasteiger charge is -2.25. The summed E-state index contributed by atoms with van der Waals surface area (Å²) in [5.74, 6) is -3.28. The fourth-order valence-electron chi connectivity index (χ4n) is 2.50. The Morgan fingerprint density at radius 2 is 1.88 bits per heavy atom. The minimum absolute atomic E-state index is 0.203. The number of benzene rings is 1. The third-order valence-electron chi connectivity index (χ3n) is 3.99. The van der Waals surface area contributed by atoms with Gasteiger partial charge in [-0.15, -0.1) is 0 Å². The fraction of sp³-hybridized carbons (Fsp3) is 0.571. The van der Waals surface area contributed by atoms with E-state index in [9.17, 15) is 8.78 Å². The Morgan fingerprint density at radius 3 is 2.47 bits per heavy atom. The topological polar surface area (TPSA) is 12.0 Å². The summed E-state index contributed by atoms with van der Waals surface area (Å²) < 4.78 is 28.8. The van der Waals surface area contributed by atoms with Gasteiger partial charge < -0.3 is 5.32 Å². The lowest BCUT2D eigenvalue weighted by molar-refractivity contribution is -0.0581. The molecular formula is C14H19F2N. The van der Waals surface area contributed by atoms with E-state index in [2.05, 4.69) is 5.32 Å². The molecule has 3 heteroatoms. The van der Waals surface area contributed by atoms with Crippen molar-refractivity contribution in [3.63, 3.8) is 0 Å². The van der Waals surface area contributed by atoms with E-state index in [1.807, 2.05) is 13.8 Å². The van der Waals surface area contributed by atoms with E-state index < -0.39 is 11.8 Å². The van der Waals surface area contributed by atoms with Crippen molar-refractivity contribution in [3.05, 3.63) is 34.4 Å². The number of nitrogens with one attached hydrogen (secondary N) is 1. The maximum atomic E-state index is 14.4. The van der Waals surface area contributed by atoms with Crippen LogP contribution in [0, 0.1) is 26.7 Å². The first-order valence-electron chi connectivity index (χ1n) is 6.10. The molecule has 1 aliphatic heterocycles. The van der Waals surface area contributed by atoms with Crippen molar-refractivity contribution in [3.8, 4) is 0 Å². The van der Waals surface area contributed by atoms with Crippen molar-refractivity contribution in [2.45, 2.75) is 33.1 Å². The van der Waals surface area contributed by atoms with Crippen LogP contribution < -0.4 is 5.32 Å². The second kappa shape index (κ2) is 4.37. The van der Waals surface area contributed by atoms with Crippen LogP contribution in [0.2, 0.25) is 0 Å². The highest BCUT2D eigenvalue weighted by Gasteiger charge is 2.43. The molecule has 94 valence electrons. The normalized spacial score (nSPS) is 20.9. The number of hydrogen-bond donors (Lipinski definition) is 1. The number of hydrogen-bond acceptors (Lipinski definition) is 1. The molecule has 0 aromatic heterocycles. The van der Waals surface area contributed by atoms with Gasteiger partial charge in [0.25, 0.3) is 5.92 Å². The van der Waals surface area contributed by atoms with Gasteiger partial charge in [-0.05, 0) is 50.4 Å². The predicted molar refractivity (Wildman–Crippen MR) is 65.5 cm³/mol. The molecule has 1 heterocycles. The summed E-state index contributed by atoms with van der Waals surface area (Å²) >= 11 is 0. The third-order valence-corrected chi connectivity index (χ3v) is 3.99. The first-order chi connectivity index (χ1) is 7.94. The lowest BCUT2D eigenvalue weighted by Crippen LogP contribution is -2.28. The molecule has 1 aromatic rings. The highest BCUT2D eigenvalue weighted by Crippen LogP contribution is 2.41. The minimum atomic E-state index is -2.72. The van der Waals surface area contributed by atoms with Crippen molar-refractivity contribution in [1.82, 2.24) is 5.32 Å². The summed E-state index contributed by atoms with van der Waals surface area (Å²) in [5, 5.41) is 3.01. The maximum Gasteiger partial charge on any atom is 0.277 e. The molecule has 17 heavy (non-hydrogen) atoms. The van der Waals surface area contributed by atoms with Crippen LogP contribution in [0.3, 0.4) is 0 Å². The fourth-order valence-corrected chi connectivity index (χ4v) is 2.50. The highest BCUT2D eigenvalue weighted by molar-refractivity contribution is 5.41. The Balaban J connectivity index is 2.42. The molecule has 1 aliphatic rings. The molecule has 0 aliphatic carbocycles. The quantitative estimate of drug-likeness (QED) is 0.835. The monoisotopic (exact) mass is 239 g/mol. The first-order valence-corrected chi connectivity index (χ1v) is 6.10. The number of rotatable bonds is 2. The van der Waals surface area contributed by atoms with Gasteiger partial charge in [0.2, 0.25) is 0 Å². The number of halogens is 2. The molecule has 1 fully saturated rings. The van der Waals surface area contributed by atoms with E-state index in [-0.39, 0.29) is 5.56 Å². The Hall–Kier alpha value is -0.960. The van der Waals surface area contributed by atoms with Gasteiger partial charge in [0.15, 0.2) is 0 Å². The molecule has 1 nitrogen and oxygen atoms in total. The summed E-state index contributed by atoms with van der Waals surface area (Å²) in [5.41, 5.74) is 3.00. The second-order valence-corrected chi connectivity index (χ2v) is 4.99. The molecule has 1 N–H and O–H groups in total. The van der Waals surface area contributed by atoms with E-state index in [0.717, 1.165) is 16.7 Å². The SMILES string of the molecule is Cc1ccc(C(F)(F)C2CCNC2)c(C)c1C. The average molecular weight is 239 g/mol. The van der Waals surface area contributed by atoms with Gasteiger partial charge in [0, 0.05) is 18.0 Å². The maximum absolute atomic E-state index is 14.4. The Labute approximate surface area is 101 Å². The Morgan fingerprint density at radius 1 is 1.18 bits per heavy atom. The van der Waals surface area contributed by atoms with Gasteiger partial charge in [0.05, 0.1) is 0 Å². The molecule has 1 saturated heterocycles. The van der Waals surface area contributed by atoms with E-state index in [0.29, 0.717) is 19.5 Å². The van der Waals surface area contributed by atoms with Crippen LogP contribution in [0.15, 0.2) is 12.1 Å². The van der Waals surface area contributed by atoms with Gasteiger partial charge in [-0.25, -0.2) is 8.78 Å². The molecule has 0 saturated carbocycles. The van der Waals surface area contributed by atoms with Crippen molar-refractivity contribution in [2.75, 3.05) is 13.1 Å². The smallest absolute Gasteiger partial charge is 0.277 e. The average Bonchev–Trinajstić information content (AvgIpc) is 2.79. The molecule has 1 unspecified atom stereocenters. The summed E-state index contributed by atoms with van der Waals surface area (Å²) in [6.07, 6.45) is 0.555. The molecule has 1 atom stereocenters. The molecule has 0 bridgehead atoms. The molecule has 2 rings (SSSR count). The van der Waals surface area contributed by atoms with Crippen molar-refractivity contribution in [2.24, 2.45) is 5.92 Å². The van der Waals surface area contributed by atoms with Crippen molar-refractivity contribution >= 4 is 0 Å². The summed E-state index contributed by atoms with van der Waals surface area (Å²) in [6, 6.07) is 3.39. The largest absolute Gasteiger partial charge is 0.316 e. The molecular weight excluding hydrogens is 220 g/mol. The van der Waals surface area contributed by atoms with Crippen LogP contribution in [-0.2, 0) is 5.92 Å². The predicted octanol–water partition coefficient (Wildman–Crippen LogP) is 3.31. The van der Waals surface area contributed by atoms with Gasteiger partial charge in [0.1, 0.15) is 0 Å². The van der Waals surface area contributed by atoms with E-state index in [1.54, 1.807) is 19.1 Å². The van der Waals surface area contributed by atoms with Crippen molar-refractivity contribution < 1.29 is 8.78 Å². The molecule has 0 spiro atoms. The van der Waals surface area contributed by atoms with E-state index in [1.165, 1.54) is 0 Å². The number of alkyl halides is 2. The third kappa shape index (κ3) is 2.08. The molecule has 1 aromatic carbocycles. The summed E-state index contributed by atoms with van der Waals surface area (Å²) in [7, 11) is 0. The van der Waals surface area contributed by atoms with Crippen LogP contribution in [0.1, 0.15) is 28.7 Å². The zero-order chi connectivity index (χ0) is 12.6. The lowest BCUT2D eigenvalue weighted by atomic mass is 9.88. The number of aryl methyl sites for hydroxylation is 1. The van der Waals surface area contributed by atoms with Gasteiger partial charge in [-0.2, -0.15) is 0 Å². The van der Waals surface area contributed by atoms with Gasteiger partial charge >= 0.3 is 0 Å². The van der Waals surface area contributed by atoms with Crippen molar-refractivity contribution in [1.29, 1.82) is 0 Å². The highest BCUT2D eigenvalue weighted by atomic mass is 19.3. The van der Waals surface area contributed by atoms with E-state index >= 15 is 0 Å². The first kappa shape index (κ1) is 12.5. The molecule has 0 radical (unpaired) electrons. The van der Waals surface area contributed by atoms with Crippen LogP contribution in [0.5, 0.6) is 0 Å². The van der Waals surface area contributed by atoms with Crippen LogP contribution >= 0.6 is 0 Å². The van der Waals surface area contributed by atoms with E-state index in [4.69, 9.17) is 0 Å². The van der Waals surface area contributed by atoms with Crippen LogP contribution in [-0.4, -0.2) is 13.1 Å². The van der Waals surface area contributed by atoms with Gasteiger partial charge in [-0.1, -0.05) is 12.1 Å². The van der Waals surface area contributed by atoms with Gasteiger partial charge in [-0.3, -0.25) is 0 Å². The zero-order valence-corrected chi connectivity index (χ0v) is 10.6. The zero-order valence-electron chi connectivity index (χ0n) is 10.6. The summed E-state index contributed by atoms with van der Waals surface area (Å²) in [4.78, 5) is 0. The second-order valence-electron chi connectivity index (χ2n) is 4.99. The Bertz CT molecular complexity index is 420. The summed E-state index contributed by atoms with van der Waals surface area (Å²) in [6.45, 7) is 6.79. The standard InChI is InChI=1S/C14H19F2N/c1-9-4-5-13(11(3)10(9)2)14(15,16)12-6-7-17-8-12/h4-5,12,17H,6-8H2,1-3H3. The molecule has 0 amide bonds.